The minimum absolute atomic E-state index is 0.475. The Bertz CT molecular complexity index is 974. The van der Waals surface area contributed by atoms with Crippen molar-refractivity contribution in [1.82, 2.24) is 15.1 Å². The topological polar surface area (TPSA) is 93.7 Å². The number of methoxy groups -OCH3 is 2. The summed E-state index contributed by atoms with van der Waals surface area (Å²) in [4.78, 5) is 10.9. The molecule has 4 rings (SSSR count). The normalized spacial score (nSPS) is 15.9. The quantitative estimate of drug-likeness (QED) is 0.704. The number of pyridine rings is 1. The predicted molar refractivity (Wildman–Crippen MR) is 107 cm³/mol. The number of aromatic nitrogens is 3. The molecular weight excluding hydrogens is 372 g/mol. The third-order valence-corrected chi connectivity index (χ3v) is 5.32. The Morgan fingerprint density at radius 1 is 1.07 bits per heavy atom. The molecule has 0 atom stereocenters. The summed E-state index contributed by atoms with van der Waals surface area (Å²) in [6, 6.07) is 9.33. The van der Waals surface area contributed by atoms with Crippen LogP contribution in [0.2, 0.25) is 0 Å². The van der Waals surface area contributed by atoms with Crippen LogP contribution in [0.3, 0.4) is 0 Å². The molecule has 3 heterocycles. The Kier molecular flexibility index (Phi) is 5.10. The third-order valence-electron chi connectivity index (χ3n) is 5.32. The van der Waals surface area contributed by atoms with Gasteiger partial charge >= 0.3 is 0 Å². The first-order chi connectivity index (χ1) is 14.0. The van der Waals surface area contributed by atoms with Gasteiger partial charge in [0.15, 0.2) is 5.82 Å². The zero-order chi connectivity index (χ0) is 20.4. The molecule has 1 aromatic carbocycles. The number of piperidine rings is 1. The molecule has 0 saturated carbocycles. The minimum atomic E-state index is -0.945. The largest absolute Gasteiger partial charge is 0.497 e. The highest BCUT2D eigenvalue weighted by molar-refractivity contribution is 5.59. The molecule has 152 valence electrons. The molecule has 0 aliphatic carbocycles. The number of rotatable bonds is 5. The second kappa shape index (κ2) is 7.71. The summed E-state index contributed by atoms with van der Waals surface area (Å²) in [5.41, 5.74) is 0.685. The Hall–Kier alpha value is -3.13. The lowest BCUT2D eigenvalue weighted by molar-refractivity contribution is 0.0113. The van der Waals surface area contributed by atoms with Crippen LogP contribution in [0.1, 0.15) is 24.2 Å². The van der Waals surface area contributed by atoms with Gasteiger partial charge < -0.3 is 24.0 Å². The summed E-state index contributed by atoms with van der Waals surface area (Å²) in [5.74, 6) is 3.22. The van der Waals surface area contributed by atoms with Gasteiger partial charge in [-0.05, 0) is 49.6 Å². The summed E-state index contributed by atoms with van der Waals surface area (Å²) in [7, 11) is 3.21. The molecule has 1 aliphatic rings. The number of aryl methyl sites for hydroxylation is 1. The first kappa shape index (κ1) is 19.2. The van der Waals surface area contributed by atoms with Gasteiger partial charge in [-0.1, -0.05) is 5.16 Å². The highest BCUT2D eigenvalue weighted by Crippen LogP contribution is 2.38. The molecule has 0 spiro atoms. The van der Waals surface area contributed by atoms with Gasteiger partial charge in [-0.2, -0.15) is 4.98 Å². The SMILES string of the molecule is COc1cc(OC)cc(C2(O)CCN(c3cc(-c4nc(C)no4)ccn3)CC2)c1. The second-order valence-corrected chi connectivity index (χ2v) is 7.17. The second-order valence-electron chi connectivity index (χ2n) is 7.17. The van der Waals surface area contributed by atoms with E-state index in [0.717, 1.165) is 16.9 Å². The van der Waals surface area contributed by atoms with Gasteiger partial charge in [0.2, 0.25) is 0 Å². The van der Waals surface area contributed by atoms with E-state index in [-0.39, 0.29) is 0 Å². The molecule has 1 saturated heterocycles. The summed E-state index contributed by atoms with van der Waals surface area (Å²) < 4.78 is 16.0. The minimum Gasteiger partial charge on any atom is -0.497 e. The van der Waals surface area contributed by atoms with E-state index in [9.17, 15) is 5.11 Å². The first-order valence-corrected chi connectivity index (χ1v) is 9.48. The summed E-state index contributed by atoms with van der Waals surface area (Å²) in [5, 5.41) is 15.1. The van der Waals surface area contributed by atoms with Crippen LogP contribution >= 0.6 is 0 Å². The molecule has 0 bridgehead atoms. The van der Waals surface area contributed by atoms with E-state index in [2.05, 4.69) is 20.0 Å². The van der Waals surface area contributed by atoms with Crippen molar-refractivity contribution in [1.29, 1.82) is 0 Å². The fourth-order valence-electron chi connectivity index (χ4n) is 3.61. The Morgan fingerprint density at radius 2 is 1.76 bits per heavy atom. The maximum absolute atomic E-state index is 11.3. The molecule has 2 aromatic heterocycles. The average Bonchev–Trinajstić information content (AvgIpc) is 3.20. The van der Waals surface area contributed by atoms with Crippen LogP contribution in [-0.2, 0) is 5.60 Å². The van der Waals surface area contributed by atoms with Crippen LogP contribution in [-0.4, -0.2) is 47.5 Å². The number of hydrogen-bond donors (Lipinski definition) is 1. The molecule has 8 nitrogen and oxygen atoms in total. The van der Waals surface area contributed by atoms with Crippen LogP contribution in [0.25, 0.3) is 11.5 Å². The molecule has 0 radical (unpaired) electrons. The van der Waals surface area contributed by atoms with Gasteiger partial charge in [-0.25, -0.2) is 4.98 Å². The van der Waals surface area contributed by atoms with Crippen LogP contribution < -0.4 is 14.4 Å². The van der Waals surface area contributed by atoms with Crippen molar-refractivity contribution in [2.75, 3.05) is 32.2 Å². The van der Waals surface area contributed by atoms with Crippen LogP contribution in [0.5, 0.6) is 11.5 Å². The zero-order valence-electron chi connectivity index (χ0n) is 16.8. The van der Waals surface area contributed by atoms with E-state index in [1.54, 1.807) is 33.4 Å². The van der Waals surface area contributed by atoms with E-state index < -0.39 is 5.60 Å². The highest BCUT2D eigenvalue weighted by Gasteiger charge is 2.35. The maximum Gasteiger partial charge on any atom is 0.258 e. The van der Waals surface area contributed by atoms with Gasteiger partial charge in [0.1, 0.15) is 17.3 Å². The van der Waals surface area contributed by atoms with Gasteiger partial charge in [0, 0.05) is 30.9 Å². The van der Waals surface area contributed by atoms with Gasteiger partial charge in [-0.15, -0.1) is 0 Å². The average molecular weight is 396 g/mol. The molecule has 8 heteroatoms. The van der Waals surface area contributed by atoms with Crippen LogP contribution in [0, 0.1) is 6.92 Å². The summed E-state index contributed by atoms with van der Waals surface area (Å²) in [6.07, 6.45) is 2.86. The smallest absolute Gasteiger partial charge is 0.258 e. The van der Waals surface area contributed by atoms with Crippen LogP contribution in [0.15, 0.2) is 41.1 Å². The molecule has 3 aromatic rings. The van der Waals surface area contributed by atoms with E-state index in [1.807, 2.05) is 24.3 Å². The lowest BCUT2D eigenvalue weighted by Crippen LogP contribution is -2.43. The molecular formula is C21H24N4O4. The van der Waals surface area contributed by atoms with E-state index in [0.29, 0.717) is 49.1 Å². The molecule has 1 N–H and O–H groups in total. The van der Waals surface area contributed by atoms with E-state index in [1.165, 1.54) is 0 Å². The maximum atomic E-state index is 11.3. The third kappa shape index (κ3) is 3.88. The number of ether oxygens (including phenoxy) is 2. The van der Waals surface area contributed by atoms with Gasteiger partial charge in [0.25, 0.3) is 5.89 Å². The number of anilines is 1. The molecule has 29 heavy (non-hydrogen) atoms. The van der Waals surface area contributed by atoms with Crippen molar-refractivity contribution in [3.63, 3.8) is 0 Å². The fourth-order valence-corrected chi connectivity index (χ4v) is 3.61. The Labute approximate surface area is 169 Å². The summed E-state index contributed by atoms with van der Waals surface area (Å²) in [6.45, 7) is 3.11. The standard InChI is InChI=1S/C21H24N4O4/c1-14-23-20(29-24-14)15-4-7-22-19(10-15)25-8-5-21(26,6-9-25)16-11-17(27-2)13-18(12-16)28-3/h4,7,10-13,26H,5-6,8-9H2,1-3H3. The zero-order valence-corrected chi connectivity index (χ0v) is 16.8. The first-order valence-electron chi connectivity index (χ1n) is 9.48. The van der Waals surface area contributed by atoms with E-state index in [4.69, 9.17) is 14.0 Å². The Morgan fingerprint density at radius 3 is 2.34 bits per heavy atom. The van der Waals surface area contributed by atoms with Crippen molar-refractivity contribution in [2.24, 2.45) is 0 Å². The monoisotopic (exact) mass is 396 g/mol. The number of hydrogen-bond acceptors (Lipinski definition) is 8. The van der Waals surface area contributed by atoms with Gasteiger partial charge in [-0.3, -0.25) is 0 Å². The van der Waals surface area contributed by atoms with Crippen molar-refractivity contribution in [3.05, 3.63) is 47.9 Å². The van der Waals surface area contributed by atoms with Crippen LogP contribution in [0.4, 0.5) is 5.82 Å². The van der Waals surface area contributed by atoms with Crippen molar-refractivity contribution < 1.29 is 19.1 Å². The number of aliphatic hydroxyl groups is 1. The Balaban J connectivity index is 1.52. The molecule has 0 unspecified atom stereocenters. The van der Waals surface area contributed by atoms with Gasteiger partial charge in [0.05, 0.1) is 19.8 Å². The molecule has 1 fully saturated rings. The molecule has 1 aliphatic heterocycles. The van der Waals surface area contributed by atoms with Crippen molar-refractivity contribution >= 4 is 5.82 Å². The van der Waals surface area contributed by atoms with E-state index >= 15 is 0 Å². The molecule has 0 amide bonds. The fraction of sp³-hybridized carbons (Fsp3) is 0.381. The lowest BCUT2D eigenvalue weighted by Gasteiger charge is -2.39. The predicted octanol–water partition coefficient (Wildman–Crippen LogP) is 2.95. The highest BCUT2D eigenvalue weighted by atomic mass is 16.5. The summed E-state index contributed by atoms with van der Waals surface area (Å²) >= 11 is 0. The van der Waals surface area contributed by atoms with Crippen molar-refractivity contribution in [2.45, 2.75) is 25.4 Å². The van der Waals surface area contributed by atoms with Crippen molar-refractivity contribution in [3.8, 4) is 23.0 Å². The number of nitrogens with zero attached hydrogens (tertiary/aromatic N) is 4. The number of benzene rings is 1. The lowest BCUT2D eigenvalue weighted by atomic mass is 9.84.